The molecule has 0 N–H and O–H groups in total. The predicted molar refractivity (Wildman–Crippen MR) is 94.7 cm³/mol. The second kappa shape index (κ2) is 7.95. The molecule has 0 saturated heterocycles. The van der Waals surface area contributed by atoms with E-state index in [1.807, 2.05) is 0 Å². The lowest BCUT2D eigenvalue weighted by atomic mass is 10.1. The summed E-state index contributed by atoms with van der Waals surface area (Å²) in [5.74, 6) is -1.41. The van der Waals surface area contributed by atoms with Crippen molar-refractivity contribution in [1.29, 1.82) is 0 Å². The highest BCUT2D eigenvalue weighted by Crippen LogP contribution is 2.17. The third-order valence-corrected chi connectivity index (χ3v) is 3.35. The highest BCUT2D eigenvalue weighted by atomic mass is 16.5. The summed E-state index contributed by atoms with van der Waals surface area (Å²) in [7, 11) is 0. The van der Waals surface area contributed by atoms with Crippen LogP contribution in [0.25, 0.3) is 5.69 Å². The molecule has 2 aromatic rings. The lowest BCUT2D eigenvalue weighted by Crippen LogP contribution is -2.18. The number of rotatable bonds is 6. The van der Waals surface area contributed by atoms with Gasteiger partial charge in [-0.1, -0.05) is 0 Å². The van der Waals surface area contributed by atoms with Gasteiger partial charge in [0.15, 0.2) is 11.5 Å². The number of Topliss-reactive ketones (excluding diaryl/α,β-unsaturated/α-hetero) is 1. The quantitative estimate of drug-likeness (QED) is 0.582. The van der Waals surface area contributed by atoms with Crippen molar-refractivity contribution in [3.05, 3.63) is 47.3 Å². The third kappa shape index (κ3) is 4.56. The van der Waals surface area contributed by atoms with Crippen LogP contribution in [0.15, 0.2) is 30.5 Å². The van der Waals surface area contributed by atoms with Crippen LogP contribution >= 0.6 is 0 Å². The van der Waals surface area contributed by atoms with E-state index in [0.29, 0.717) is 11.3 Å². The summed E-state index contributed by atoms with van der Waals surface area (Å²) < 4.78 is 11.7. The number of carbonyl (C=O) groups is 3. The summed E-state index contributed by atoms with van der Waals surface area (Å²) in [6.07, 6.45) is 0.732. The lowest BCUT2D eigenvalue weighted by Gasteiger charge is -2.09. The van der Waals surface area contributed by atoms with Crippen LogP contribution < -0.4 is 0 Å². The van der Waals surface area contributed by atoms with Crippen LogP contribution in [0.3, 0.4) is 0 Å². The molecule has 138 valence electrons. The molecule has 0 amide bonds. The molecule has 1 aromatic carbocycles. The topological polar surface area (TPSA) is 87.5 Å². The zero-order chi connectivity index (χ0) is 19.4. The number of benzene rings is 1. The van der Waals surface area contributed by atoms with Gasteiger partial charge in [-0.25, -0.2) is 14.3 Å². The Morgan fingerprint density at radius 1 is 0.923 bits per heavy atom. The molecular weight excluding hydrogens is 336 g/mol. The highest BCUT2D eigenvalue weighted by Gasteiger charge is 2.26. The van der Waals surface area contributed by atoms with Crippen molar-refractivity contribution in [3.63, 3.8) is 0 Å². The molecule has 0 aliphatic rings. The zero-order valence-electron chi connectivity index (χ0n) is 15.5. The molecule has 0 radical (unpaired) electrons. The fourth-order valence-corrected chi connectivity index (χ4v) is 2.20. The van der Waals surface area contributed by atoms with Crippen LogP contribution in [0.4, 0.5) is 0 Å². The molecular formula is C19H22N2O5. The van der Waals surface area contributed by atoms with Crippen LogP contribution in [0, 0.1) is 0 Å². The lowest BCUT2D eigenvalue weighted by molar-refractivity contribution is 0.0324. The Kier molecular flexibility index (Phi) is 5.92. The number of hydrogen-bond acceptors (Lipinski definition) is 6. The van der Waals surface area contributed by atoms with Crippen molar-refractivity contribution in [1.82, 2.24) is 9.78 Å². The number of esters is 2. The number of hydrogen-bond donors (Lipinski definition) is 0. The van der Waals surface area contributed by atoms with Gasteiger partial charge in [0.2, 0.25) is 0 Å². The average Bonchev–Trinajstić information content (AvgIpc) is 2.99. The number of carbonyl (C=O) groups excluding carboxylic acids is 3. The Hall–Kier alpha value is -2.96. The Morgan fingerprint density at radius 2 is 1.46 bits per heavy atom. The van der Waals surface area contributed by atoms with Crippen LogP contribution in [-0.4, -0.2) is 39.7 Å². The molecule has 0 spiro atoms. The molecule has 0 atom stereocenters. The van der Waals surface area contributed by atoms with E-state index < -0.39 is 11.9 Å². The number of ether oxygens (including phenoxy) is 2. The number of ketones is 1. The summed E-state index contributed by atoms with van der Waals surface area (Å²) in [5.41, 5.74) is 1.07. The Labute approximate surface area is 151 Å². The van der Waals surface area contributed by atoms with Gasteiger partial charge in [-0.3, -0.25) is 4.79 Å². The van der Waals surface area contributed by atoms with E-state index in [9.17, 15) is 14.4 Å². The Balaban J connectivity index is 2.44. The van der Waals surface area contributed by atoms with Crippen LogP contribution in [-0.2, 0) is 9.47 Å². The molecule has 0 aliphatic heterocycles. The van der Waals surface area contributed by atoms with E-state index in [4.69, 9.17) is 9.47 Å². The highest BCUT2D eigenvalue weighted by molar-refractivity contribution is 6.02. The standard InChI is InChI=1S/C19H22N2O5/c1-11(2)25-18(23)16-10-21(20-17(16)19(24)26-12(3)4)15-8-6-14(7-9-15)13(5)22/h6-12H,1-5H3. The van der Waals surface area contributed by atoms with Crippen molar-refractivity contribution in [3.8, 4) is 5.69 Å². The summed E-state index contributed by atoms with van der Waals surface area (Å²) in [6, 6.07) is 6.66. The van der Waals surface area contributed by atoms with E-state index in [0.717, 1.165) is 0 Å². The maximum atomic E-state index is 12.3. The molecule has 2 rings (SSSR count). The maximum absolute atomic E-state index is 12.3. The molecule has 1 aromatic heterocycles. The minimum atomic E-state index is -0.699. The molecule has 7 nitrogen and oxygen atoms in total. The molecule has 7 heteroatoms. The van der Waals surface area contributed by atoms with E-state index in [1.165, 1.54) is 17.8 Å². The van der Waals surface area contributed by atoms with E-state index >= 15 is 0 Å². The average molecular weight is 358 g/mol. The van der Waals surface area contributed by atoms with Crippen molar-refractivity contribution in [2.24, 2.45) is 0 Å². The number of aromatic nitrogens is 2. The monoisotopic (exact) mass is 358 g/mol. The van der Waals surface area contributed by atoms with E-state index in [2.05, 4.69) is 5.10 Å². The molecule has 0 fully saturated rings. The van der Waals surface area contributed by atoms with Gasteiger partial charge in [0, 0.05) is 11.8 Å². The minimum absolute atomic E-state index is 0.0278. The summed E-state index contributed by atoms with van der Waals surface area (Å²) in [5, 5.41) is 4.19. The molecule has 0 aliphatic carbocycles. The van der Waals surface area contributed by atoms with Gasteiger partial charge in [0.05, 0.1) is 17.9 Å². The molecule has 0 bridgehead atoms. The van der Waals surface area contributed by atoms with E-state index in [-0.39, 0.29) is 29.2 Å². The zero-order valence-corrected chi connectivity index (χ0v) is 15.5. The maximum Gasteiger partial charge on any atom is 0.360 e. The van der Waals surface area contributed by atoms with Crippen LogP contribution in [0.5, 0.6) is 0 Å². The first-order chi connectivity index (χ1) is 12.2. The fraction of sp³-hybridized carbons (Fsp3) is 0.368. The first kappa shape index (κ1) is 19.4. The minimum Gasteiger partial charge on any atom is -0.459 e. The van der Waals surface area contributed by atoms with Gasteiger partial charge in [0.1, 0.15) is 5.56 Å². The van der Waals surface area contributed by atoms with Gasteiger partial charge in [-0.15, -0.1) is 0 Å². The summed E-state index contributed by atoms with van der Waals surface area (Å²) in [4.78, 5) is 36.0. The Bertz CT molecular complexity index is 779. The van der Waals surface area contributed by atoms with Crippen molar-refractivity contribution < 1.29 is 23.9 Å². The molecule has 1 heterocycles. The van der Waals surface area contributed by atoms with Crippen LogP contribution in [0.2, 0.25) is 0 Å². The Morgan fingerprint density at radius 3 is 1.96 bits per heavy atom. The van der Waals surface area contributed by atoms with Crippen molar-refractivity contribution >= 4 is 17.7 Å². The van der Waals surface area contributed by atoms with Crippen molar-refractivity contribution in [2.75, 3.05) is 0 Å². The molecule has 0 unspecified atom stereocenters. The first-order valence-electron chi connectivity index (χ1n) is 8.32. The van der Waals surface area contributed by atoms with Gasteiger partial charge in [0.25, 0.3) is 0 Å². The molecule has 26 heavy (non-hydrogen) atoms. The van der Waals surface area contributed by atoms with E-state index in [1.54, 1.807) is 52.0 Å². The van der Waals surface area contributed by atoms with Gasteiger partial charge < -0.3 is 9.47 Å². The van der Waals surface area contributed by atoms with Crippen molar-refractivity contribution in [2.45, 2.75) is 46.8 Å². The van der Waals surface area contributed by atoms with Gasteiger partial charge in [-0.2, -0.15) is 5.10 Å². The molecule has 0 saturated carbocycles. The fourth-order valence-electron chi connectivity index (χ4n) is 2.20. The second-order valence-electron chi connectivity index (χ2n) is 6.35. The number of nitrogens with zero attached hydrogens (tertiary/aromatic N) is 2. The summed E-state index contributed by atoms with van der Waals surface area (Å²) >= 11 is 0. The third-order valence-electron chi connectivity index (χ3n) is 3.35. The summed E-state index contributed by atoms with van der Waals surface area (Å²) in [6.45, 7) is 8.33. The van der Waals surface area contributed by atoms with Crippen LogP contribution in [0.1, 0.15) is 65.8 Å². The SMILES string of the molecule is CC(=O)c1ccc(-n2cc(C(=O)OC(C)C)c(C(=O)OC(C)C)n2)cc1. The first-order valence-corrected chi connectivity index (χ1v) is 8.32. The second-order valence-corrected chi connectivity index (χ2v) is 6.35. The largest absolute Gasteiger partial charge is 0.459 e. The smallest absolute Gasteiger partial charge is 0.360 e. The normalized spacial score (nSPS) is 10.9. The van der Waals surface area contributed by atoms with Gasteiger partial charge in [-0.05, 0) is 58.9 Å². The predicted octanol–water partition coefficient (Wildman–Crippen LogP) is 3.21. The van der Waals surface area contributed by atoms with Gasteiger partial charge >= 0.3 is 11.9 Å².